The van der Waals surface area contributed by atoms with E-state index < -0.39 is 20.9 Å². The summed E-state index contributed by atoms with van der Waals surface area (Å²) in [5.74, 6) is -0.102. The first-order valence-corrected chi connectivity index (χ1v) is 12.6. The zero-order chi connectivity index (χ0) is 24.2. The molecule has 1 saturated heterocycles. The van der Waals surface area contributed by atoms with E-state index in [4.69, 9.17) is 0 Å². The van der Waals surface area contributed by atoms with Gasteiger partial charge >= 0.3 is 0 Å². The van der Waals surface area contributed by atoms with Crippen molar-refractivity contribution in [2.75, 3.05) is 36.4 Å². The van der Waals surface area contributed by atoms with Crippen LogP contribution in [0.4, 0.5) is 17.1 Å². The van der Waals surface area contributed by atoms with Crippen LogP contribution in [0.15, 0.2) is 47.4 Å². The second-order valence-corrected chi connectivity index (χ2v) is 10.2. The van der Waals surface area contributed by atoms with Gasteiger partial charge in [0, 0.05) is 43.5 Å². The molecule has 1 aliphatic rings. The number of benzene rings is 2. The van der Waals surface area contributed by atoms with Crippen LogP contribution in [0.1, 0.15) is 44.0 Å². The van der Waals surface area contributed by atoms with Gasteiger partial charge in [0.15, 0.2) is 0 Å². The predicted molar refractivity (Wildman–Crippen MR) is 128 cm³/mol. The molecule has 0 spiro atoms. The van der Waals surface area contributed by atoms with E-state index in [1.165, 1.54) is 22.5 Å². The Morgan fingerprint density at radius 1 is 1.21 bits per heavy atom. The number of anilines is 2. The summed E-state index contributed by atoms with van der Waals surface area (Å²) in [5.41, 5.74) is 0.822. The lowest BCUT2D eigenvalue weighted by atomic mass is 9.99. The van der Waals surface area contributed by atoms with Crippen LogP contribution in [0.2, 0.25) is 0 Å². The summed E-state index contributed by atoms with van der Waals surface area (Å²) >= 11 is 0. The van der Waals surface area contributed by atoms with Gasteiger partial charge in [0.05, 0.1) is 9.82 Å². The molecule has 1 N–H and O–H groups in total. The molecule has 2 aromatic rings. The van der Waals surface area contributed by atoms with Crippen molar-refractivity contribution in [3.8, 4) is 0 Å². The maximum Gasteiger partial charge on any atom is 0.293 e. The topological polar surface area (TPSA) is 113 Å². The molecule has 1 heterocycles. The highest BCUT2D eigenvalue weighted by molar-refractivity contribution is 7.89. The number of carbonyl (C=O) groups excluding carboxylic acids is 1. The number of piperidine rings is 1. The number of amides is 1. The van der Waals surface area contributed by atoms with E-state index >= 15 is 0 Å². The number of sulfonamides is 1. The average molecular weight is 475 g/mol. The molecule has 0 bridgehead atoms. The Balaban J connectivity index is 1.85. The Hall–Kier alpha value is -2.98. The standard InChI is InChI=1S/C23H30N4O5S/c1-4-26(5-2)33(31,32)20-10-6-9-19(15-20)24-23(28)18-11-12-21(22(14-18)27(29)30)25-13-7-8-17(3)16-25/h6,9-12,14-15,17H,4-5,7-8,13,16H2,1-3H3,(H,24,28)/t17-/m0/s1. The summed E-state index contributed by atoms with van der Waals surface area (Å²) in [6.07, 6.45) is 2.06. The van der Waals surface area contributed by atoms with E-state index in [9.17, 15) is 23.3 Å². The predicted octanol–water partition coefficient (Wildman–Crippen LogP) is 4.11. The minimum atomic E-state index is -3.68. The van der Waals surface area contributed by atoms with Gasteiger partial charge in [-0.25, -0.2) is 8.42 Å². The van der Waals surface area contributed by atoms with Gasteiger partial charge in [0.25, 0.3) is 11.6 Å². The Labute approximate surface area is 194 Å². The number of hydrogen-bond donors (Lipinski definition) is 1. The van der Waals surface area contributed by atoms with Gasteiger partial charge in [-0.2, -0.15) is 4.31 Å². The zero-order valence-electron chi connectivity index (χ0n) is 19.2. The first kappa shape index (κ1) is 24.7. The second kappa shape index (κ2) is 10.3. The third-order valence-electron chi connectivity index (χ3n) is 5.87. The molecule has 9 nitrogen and oxygen atoms in total. The van der Waals surface area contributed by atoms with Crippen LogP contribution < -0.4 is 10.2 Å². The van der Waals surface area contributed by atoms with Crippen molar-refractivity contribution < 1.29 is 18.1 Å². The number of carbonyl (C=O) groups is 1. The fourth-order valence-corrected chi connectivity index (χ4v) is 5.64. The van der Waals surface area contributed by atoms with E-state index in [2.05, 4.69) is 12.2 Å². The van der Waals surface area contributed by atoms with Gasteiger partial charge in [-0.3, -0.25) is 14.9 Å². The van der Waals surface area contributed by atoms with E-state index in [1.807, 2.05) is 4.90 Å². The van der Waals surface area contributed by atoms with Crippen molar-refractivity contribution in [1.82, 2.24) is 4.31 Å². The molecular formula is C23H30N4O5S. The molecule has 178 valence electrons. The number of rotatable bonds is 8. The lowest BCUT2D eigenvalue weighted by molar-refractivity contribution is -0.384. The van der Waals surface area contributed by atoms with Gasteiger partial charge < -0.3 is 10.2 Å². The van der Waals surface area contributed by atoms with Crippen molar-refractivity contribution in [2.24, 2.45) is 5.92 Å². The molecule has 10 heteroatoms. The first-order chi connectivity index (χ1) is 15.7. The number of nitro benzene ring substituents is 1. The molecule has 1 aliphatic heterocycles. The zero-order valence-corrected chi connectivity index (χ0v) is 20.0. The number of nitro groups is 1. The Morgan fingerprint density at radius 3 is 2.58 bits per heavy atom. The summed E-state index contributed by atoms with van der Waals surface area (Å²) in [5, 5.41) is 14.4. The van der Waals surface area contributed by atoms with Gasteiger partial charge in [-0.15, -0.1) is 0 Å². The van der Waals surface area contributed by atoms with Crippen molar-refractivity contribution in [3.05, 3.63) is 58.1 Å². The molecule has 33 heavy (non-hydrogen) atoms. The monoisotopic (exact) mass is 474 g/mol. The van der Waals surface area contributed by atoms with Crippen LogP contribution in [-0.2, 0) is 10.0 Å². The molecule has 3 rings (SSSR count). The van der Waals surface area contributed by atoms with E-state index in [1.54, 1.807) is 38.1 Å². The summed E-state index contributed by atoms with van der Waals surface area (Å²) in [7, 11) is -3.68. The first-order valence-electron chi connectivity index (χ1n) is 11.1. The minimum absolute atomic E-state index is 0.0737. The summed E-state index contributed by atoms with van der Waals surface area (Å²) < 4.78 is 26.9. The largest absolute Gasteiger partial charge is 0.366 e. The normalized spacial score (nSPS) is 16.6. The molecule has 2 aromatic carbocycles. The average Bonchev–Trinajstić information content (AvgIpc) is 2.79. The molecular weight excluding hydrogens is 444 g/mol. The second-order valence-electron chi connectivity index (χ2n) is 8.23. The minimum Gasteiger partial charge on any atom is -0.366 e. The van der Waals surface area contributed by atoms with Gasteiger partial charge in [0.2, 0.25) is 10.0 Å². The quantitative estimate of drug-likeness (QED) is 0.455. The highest BCUT2D eigenvalue weighted by atomic mass is 32.2. The molecule has 0 radical (unpaired) electrons. The van der Waals surface area contributed by atoms with Crippen molar-refractivity contribution in [1.29, 1.82) is 0 Å². The Kier molecular flexibility index (Phi) is 7.70. The fourth-order valence-electron chi connectivity index (χ4n) is 4.14. The summed E-state index contributed by atoms with van der Waals surface area (Å²) in [4.78, 5) is 26.2. The van der Waals surface area contributed by atoms with Crippen molar-refractivity contribution in [2.45, 2.75) is 38.5 Å². The SMILES string of the molecule is CCN(CC)S(=O)(=O)c1cccc(NC(=O)c2ccc(N3CCC[C@H](C)C3)c([N+](=O)[O-])c2)c1. The molecule has 0 saturated carbocycles. The molecule has 1 atom stereocenters. The van der Waals surface area contributed by atoms with Crippen LogP contribution in [0.3, 0.4) is 0 Å². The molecule has 0 aromatic heterocycles. The number of nitrogens with one attached hydrogen (secondary N) is 1. The number of hydrogen-bond acceptors (Lipinski definition) is 6. The van der Waals surface area contributed by atoms with Crippen LogP contribution >= 0.6 is 0 Å². The van der Waals surface area contributed by atoms with E-state index in [0.717, 1.165) is 25.9 Å². The highest BCUT2D eigenvalue weighted by Crippen LogP contribution is 2.32. The molecule has 1 amide bonds. The van der Waals surface area contributed by atoms with Gasteiger partial charge in [-0.05, 0) is 49.1 Å². The Bertz CT molecular complexity index is 1130. The lowest BCUT2D eigenvalue weighted by Crippen LogP contribution is -2.34. The van der Waals surface area contributed by atoms with Crippen molar-refractivity contribution in [3.63, 3.8) is 0 Å². The third kappa shape index (κ3) is 5.51. The lowest BCUT2D eigenvalue weighted by Gasteiger charge is -2.32. The van der Waals surface area contributed by atoms with Crippen LogP contribution in [0, 0.1) is 16.0 Å². The van der Waals surface area contributed by atoms with Crippen LogP contribution in [0.5, 0.6) is 0 Å². The van der Waals surface area contributed by atoms with Crippen LogP contribution in [-0.4, -0.2) is 49.7 Å². The number of nitrogens with zero attached hydrogens (tertiary/aromatic N) is 3. The van der Waals surface area contributed by atoms with Gasteiger partial charge in [-0.1, -0.05) is 26.8 Å². The summed E-state index contributed by atoms with van der Waals surface area (Å²) in [6.45, 7) is 7.78. The van der Waals surface area contributed by atoms with E-state index in [-0.39, 0.29) is 16.1 Å². The molecule has 1 fully saturated rings. The van der Waals surface area contributed by atoms with Crippen molar-refractivity contribution >= 4 is 33.0 Å². The smallest absolute Gasteiger partial charge is 0.293 e. The fraction of sp³-hybridized carbons (Fsp3) is 0.435. The summed E-state index contributed by atoms with van der Waals surface area (Å²) in [6, 6.07) is 10.5. The highest BCUT2D eigenvalue weighted by Gasteiger charge is 2.26. The third-order valence-corrected chi connectivity index (χ3v) is 7.91. The molecule has 0 aliphatic carbocycles. The maximum absolute atomic E-state index is 12.8. The van der Waals surface area contributed by atoms with Crippen LogP contribution in [0.25, 0.3) is 0 Å². The maximum atomic E-state index is 12.8. The molecule has 0 unspecified atom stereocenters. The van der Waals surface area contributed by atoms with Gasteiger partial charge in [0.1, 0.15) is 5.69 Å². The van der Waals surface area contributed by atoms with E-state index in [0.29, 0.717) is 30.4 Å². The Morgan fingerprint density at radius 2 is 1.94 bits per heavy atom.